The average Bonchev–Trinajstić information content (AvgIpc) is 3.15. The van der Waals surface area contributed by atoms with Gasteiger partial charge in [-0.2, -0.15) is 0 Å². The molecule has 8 heteroatoms. The molecule has 0 fully saturated rings. The van der Waals surface area contributed by atoms with E-state index in [9.17, 15) is 4.79 Å². The Bertz CT molecular complexity index is 899. The van der Waals surface area contributed by atoms with Gasteiger partial charge in [-0.05, 0) is 48.4 Å². The minimum absolute atomic E-state index is 0.0497. The molecule has 0 aliphatic carbocycles. The standard InChI is InChI=1S/C19H19ClN4O2S/c1-26-17-7-5-16(6-8-17)24-13-22-23-19(24)27-12-18(25)21-10-9-14-3-2-4-15(20)11-14/h2-8,11,13H,9-10,12H2,1H3,(H,21,25). The first-order valence-corrected chi connectivity index (χ1v) is 9.70. The second-order valence-corrected chi connectivity index (χ2v) is 7.08. The summed E-state index contributed by atoms with van der Waals surface area (Å²) >= 11 is 7.30. The van der Waals surface area contributed by atoms with Crippen molar-refractivity contribution < 1.29 is 9.53 Å². The number of hydrogen-bond acceptors (Lipinski definition) is 5. The first kappa shape index (κ1) is 19.3. The Balaban J connectivity index is 1.50. The van der Waals surface area contributed by atoms with Crippen molar-refractivity contribution in [3.05, 3.63) is 65.4 Å². The highest BCUT2D eigenvalue weighted by Crippen LogP contribution is 2.21. The molecule has 0 radical (unpaired) electrons. The minimum Gasteiger partial charge on any atom is -0.497 e. The molecule has 1 amide bonds. The molecular formula is C19H19ClN4O2S. The quantitative estimate of drug-likeness (QED) is 0.585. The molecule has 140 valence electrons. The van der Waals surface area contributed by atoms with Gasteiger partial charge in [0.2, 0.25) is 5.91 Å². The molecule has 27 heavy (non-hydrogen) atoms. The van der Waals surface area contributed by atoms with Crippen LogP contribution in [0.5, 0.6) is 5.75 Å². The van der Waals surface area contributed by atoms with Crippen LogP contribution in [0.2, 0.25) is 5.02 Å². The second kappa shape index (κ2) is 9.43. The summed E-state index contributed by atoms with van der Waals surface area (Å²) in [6, 6.07) is 15.2. The fraction of sp³-hybridized carbons (Fsp3) is 0.211. The fourth-order valence-electron chi connectivity index (χ4n) is 2.46. The number of thioether (sulfide) groups is 1. The summed E-state index contributed by atoms with van der Waals surface area (Å²) in [7, 11) is 1.63. The van der Waals surface area contributed by atoms with Gasteiger partial charge in [0.1, 0.15) is 12.1 Å². The van der Waals surface area contributed by atoms with E-state index in [0.29, 0.717) is 16.7 Å². The van der Waals surface area contributed by atoms with Crippen LogP contribution in [0.1, 0.15) is 5.56 Å². The number of ether oxygens (including phenoxy) is 1. The zero-order valence-corrected chi connectivity index (χ0v) is 16.3. The van der Waals surface area contributed by atoms with Crippen LogP contribution in [-0.4, -0.2) is 40.1 Å². The number of carbonyl (C=O) groups is 1. The summed E-state index contributed by atoms with van der Waals surface area (Å²) in [5.41, 5.74) is 2.00. The van der Waals surface area contributed by atoms with Gasteiger partial charge in [0.25, 0.3) is 0 Å². The van der Waals surface area contributed by atoms with Gasteiger partial charge in [0.05, 0.1) is 12.9 Å². The fourth-order valence-corrected chi connectivity index (χ4v) is 3.43. The molecule has 0 bridgehead atoms. The van der Waals surface area contributed by atoms with E-state index in [1.54, 1.807) is 13.4 Å². The third-order valence-corrected chi connectivity index (χ3v) is 5.00. The van der Waals surface area contributed by atoms with Crippen molar-refractivity contribution in [3.63, 3.8) is 0 Å². The van der Waals surface area contributed by atoms with Crippen LogP contribution in [0.3, 0.4) is 0 Å². The molecule has 1 N–H and O–H groups in total. The lowest BCUT2D eigenvalue weighted by molar-refractivity contribution is -0.118. The number of nitrogens with one attached hydrogen (secondary N) is 1. The van der Waals surface area contributed by atoms with E-state index in [2.05, 4.69) is 15.5 Å². The van der Waals surface area contributed by atoms with E-state index < -0.39 is 0 Å². The first-order valence-electron chi connectivity index (χ1n) is 8.34. The van der Waals surface area contributed by atoms with Crippen molar-refractivity contribution in [2.75, 3.05) is 19.4 Å². The third kappa shape index (κ3) is 5.48. The Morgan fingerprint density at radius 2 is 2.07 bits per heavy atom. The maximum atomic E-state index is 12.1. The summed E-state index contributed by atoms with van der Waals surface area (Å²) in [5, 5.41) is 12.3. The first-order chi connectivity index (χ1) is 13.2. The van der Waals surface area contributed by atoms with Gasteiger partial charge in [-0.1, -0.05) is 35.5 Å². The number of methoxy groups -OCH3 is 1. The zero-order chi connectivity index (χ0) is 19.1. The highest BCUT2D eigenvalue weighted by molar-refractivity contribution is 7.99. The van der Waals surface area contributed by atoms with Gasteiger partial charge in [-0.15, -0.1) is 10.2 Å². The van der Waals surface area contributed by atoms with E-state index >= 15 is 0 Å². The molecule has 0 saturated carbocycles. The van der Waals surface area contributed by atoms with Crippen LogP contribution in [0.25, 0.3) is 5.69 Å². The molecule has 6 nitrogen and oxygen atoms in total. The summed E-state index contributed by atoms with van der Waals surface area (Å²) in [6.07, 6.45) is 2.36. The lowest BCUT2D eigenvalue weighted by Crippen LogP contribution is -2.27. The SMILES string of the molecule is COc1ccc(-n2cnnc2SCC(=O)NCCc2cccc(Cl)c2)cc1. The Morgan fingerprint density at radius 1 is 1.26 bits per heavy atom. The summed E-state index contributed by atoms with van der Waals surface area (Å²) in [6.45, 7) is 0.560. The van der Waals surface area contributed by atoms with Crippen LogP contribution in [0.15, 0.2) is 60.0 Å². The van der Waals surface area contributed by atoms with E-state index in [0.717, 1.165) is 23.4 Å². The summed E-state index contributed by atoms with van der Waals surface area (Å²) in [5.74, 6) is 0.996. The predicted octanol–water partition coefficient (Wildman–Crippen LogP) is 3.38. The molecule has 0 spiro atoms. The van der Waals surface area contributed by atoms with Crippen molar-refractivity contribution in [1.82, 2.24) is 20.1 Å². The van der Waals surface area contributed by atoms with Crippen LogP contribution in [0.4, 0.5) is 0 Å². The molecular weight excluding hydrogens is 384 g/mol. The van der Waals surface area contributed by atoms with Gasteiger partial charge in [-0.25, -0.2) is 0 Å². The van der Waals surface area contributed by atoms with E-state index in [1.807, 2.05) is 53.1 Å². The van der Waals surface area contributed by atoms with Crippen LogP contribution in [0, 0.1) is 0 Å². The maximum absolute atomic E-state index is 12.1. The maximum Gasteiger partial charge on any atom is 0.230 e. The lowest BCUT2D eigenvalue weighted by atomic mass is 10.1. The minimum atomic E-state index is -0.0497. The molecule has 2 aromatic carbocycles. The molecule has 0 aliphatic rings. The van der Waals surface area contributed by atoms with Crippen LogP contribution in [-0.2, 0) is 11.2 Å². The van der Waals surface area contributed by atoms with E-state index in [-0.39, 0.29) is 11.7 Å². The number of rotatable bonds is 8. The highest BCUT2D eigenvalue weighted by Gasteiger charge is 2.10. The van der Waals surface area contributed by atoms with E-state index in [4.69, 9.17) is 16.3 Å². The molecule has 1 aromatic heterocycles. The molecule has 3 rings (SSSR count). The molecule has 0 atom stereocenters. The third-order valence-electron chi connectivity index (χ3n) is 3.82. The molecule has 1 heterocycles. The molecule has 0 aliphatic heterocycles. The van der Waals surface area contributed by atoms with Gasteiger partial charge in [0.15, 0.2) is 5.16 Å². The Morgan fingerprint density at radius 3 is 2.81 bits per heavy atom. The Hall–Kier alpha value is -2.51. The number of amides is 1. The van der Waals surface area contributed by atoms with Crippen molar-refractivity contribution in [3.8, 4) is 11.4 Å². The summed E-state index contributed by atoms with van der Waals surface area (Å²) in [4.78, 5) is 12.1. The number of nitrogens with zero attached hydrogens (tertiary/aromatic N) is 3. The largest absolute Gasteiger partial charge is 0.497 e. The summed E-state index contributed by atoms with van der Waals surface area (Å²) < 4.78 is 7.00. The van der Waals surface area contributed by atoms with Gasteiger partial charge >= 0.3 is 0 Å². The average molecular weight is 403 g/mol. The van der Waals surface area contributed by atoms with Gasteiger partial charge < -0.3 is 10.1 Å². The number of hydrogen-bond donors (Lipinski definition) is 1. The number of benzene rings is 2. The van der Waals surface area contributed by atoms with Crippen molar-refractivity contribution in [2.24, 2.45) is 0 Å². The van der Waals surface area contributed by atoms with Crippen molar-refractivity contribution in [1.29, 1.82) is 0 Å². The zero-order valence-electron chi connectivity index (χ0n) is 14.8. The number of carbonyl (C=O) groups excluding carboxylic acids is 1. The predicted molar refractivity (Wildman–Crippen MR) is 107 cm³/mol. The monoisotopic (exact) mass is 402 g/mol. The number of aromatic nitrogens is 3. The van der Waals surface area contributed by atoms with E-state index in [1.165, 1.54) is 11.8 Å². The van der Waals surface area contributed by atoms with Crippen LogP contribution >= 0.6 is 23.4 Å². The second-order valence-electron chi connectivity index (χ2n) is 5.70. The topological polar surface area (TPSA) is 69.0 Å². The molecule has 0 unspecified atom stereocenters. The molecule has 3 aromatic rings. The van der Waals surface area contributed by atoms with Crippen molar-refractivity contribution >= 4 is 29.3 Å². The normalized spacial score (nSPS) is 10.6. The Kier molecular flexibility index (Phi) is 6.73. The van der Waals surface area contributed by atoms with Crippen LogP contribution < -0.4 is 10.1 Å². The smallest absolute Gasteiger partial charge is 0.230 e. The van der Waals surface area contributed by atoms with Gasteiger partial charge in [-0.3, -0.25) is 9.36 Å². The lowest BCUT2D eigenvalue weighted by Gasteiger charge is -2.08. The van der Waals surface area contributed by atoms with Gasteiger partial charge in [0, 0.05) is 17.3 Å². The highest BCUT2D eigenvalue weighted by atomic mass is 35.5. The Labute approximate surface area is 166 Å². The molecule has 0 saturated heterocycles. The number of halogens is 1. The van der Waals surface area contributed by atoms with Crippen molar-refractivity contribution in [2.45, 2.75) is 11.6 Å².